The summed E-state index contributed by atoms with van der Waals surface area (Å²) in [6.07, 6.45) is 1.24. The Balaban J connectivity index is 2.08. The Morgan fingerprint density at radius 2 is 2.04 bits per heavy atom. The maximum Gasteiger partial charge on any atom is 0.349 e. The highest BCUT2D eigenvalue weighted by Gasteiger charge is 2.37. The molecule has 1 fully saturated rings. The lowest BCUT2D eigenvalue weighted by atomic mass is 10.0. The first kappa shape index (κ1) is 15.3. The van der Waals surface area contributed by atoms with E-state index in [1.807, 2.05) is 6.07 Å². The van der Waals surface area contributed by atoms with Crippen LogP contribution in [0.3, 0.4) is 0 Å². The van der Waals surface area contributed by atoms with E-state index >= 15 is 0 Å². The lowest BCUT2D eigenvalue weighted by Gasteiger charge is -2.23. The molecule has 0 aliphatic carbocycles. The summed E-state index contributed by atoms with van der Waals surface area (Å²) in [6.45, 7) is 2.14. The highest BCUT2D eigenvalue weighted by molar-refractivity contribution is 6.01. The molecule has 1 aliphatic rings. The van der Waals surface area contributed by atoms with Gasteiger partial charge in [-0.3, -0.25) is 4.79 Å². The number of ether oxygens (including phenoxy) is 1. The van der Waals surface area contributed by atoms with Crippen LogP contribution in [0.5, 0.6) is 0 Å². The molecule has 1 atom stereocenters. The van der Waals surface area contributed by atoms with Crippen molar-refractivity contribution in [3.63, 3.8) is 0 Å². The number of hydrogen-bond donors (Lipinski definition) is 0. The molecule has 2 heterocycles. The Bertz CT molecular complexity index is 838. The molecule has 1 aromatic carbocycles. The number of likely N-dealkylation sites (tertiary alicyclic amines) is 1. The zero-order valence-electron chi connectivity index (χ0n) is 13.0. The molecule has 0 unspecified atom stereocenters. The zero-order chi connectivity index (χ0) is 16.6. The number of aryl methyl sites for hydroxylation is 1. The number of methoxy groups -OCH3 is 1. The molecule has 1 saturated heterocycles. The van der Waals surface area contributed by atoms with E-state index in [1.54, 1.807) is 25.1 Å². The fraction of sp³-hybridized carbons (Fsp3) is 0.353. The Morgan fingerprint density at radius 1 is 1.30 bits per heavy atom. The summed E-state index contributed by atoms with van der Waals surface area (Å²) in [5.74, 6) is -0.936. The van der Waals surface area contributed by atoms with Crippen LogP contribution < -0.4 is 5.63 Å². The van der Waals surface area contributed by atoms with Gasteiger partial charge in [0.2, 0.25) is 0 Å². The van der Waals surface area contributed by atoms with Crippen LogP contribution in [0.4, 0.5) is 0 Å². The number of para-hydroxylation sites is 1. The molecular weight excluding hydrogens is 298 g/mol. The van der Waals surface area contributed by atoms with E-state index in [0.717, 1.165) is 0 Å². The number of esters is 1. The molecule has 1 aromatic heterocycles. The predicted octanol–water partition coefficient (Wildman–Crippen LogP) is 1.88. The number of nitrogens with zero attached hydrogens (tertiary/aromatic N) is 1. The second-order valence-electron chi connectivity index (χ2n) is 5.57. The van der Waals surface area contributed by atoms with Crippen LogP contribution in [0.25, 0.3) is 11.0 Å². The monoisotopic (exact) mass is 315 g/mol. The molecule has 0 spiro atoms. The normalized spacial score (nSPS) is 17.5. The summed E-state index contributed by atoms with van der Waals surface area (Å²) < 4.78 is 10.0. The number of amides is 1. The van der Waals surface area contributed by atoms with Crippen molar-refractivity contribution in [1.29, 1.82) is 0 Å². The maximum atomic E-state index is 12.8. The van der Waals surface area contributed by atoms with E-state index in [-0.39, 0.29) is 5.56 Å². The zero-order valence-corrected chi connectivity index (χ0v) is 13.0. The van der Waals surface area contributed by atoms with Gasteiger partial charge in [-0.15, -0.1) is 0 Å². The van der Waals surface area contributed by atoms with Crippen LogP contribution in [-0.4, -0.2) is 36.5 Å². The predicted molar refractivity (Wildman–Crippen MR) is 83.3 cm³/mol. The minimum atomic E-state index is -0.679. The van der Waals surface area contributed by atoms with Crippen LogP contribution in [0.2, 0.25) is 0 Å². The van der Waals surface area contributed by atoms with Crippen molar-refractivity contribution in [1.82, 2.24) is 4.90 Å². The molecule has 0 bridgehead atoms. The average Bonchev–Trinajstić information content (AvgIpc) is 3.03. The van der Waals surface area contributed by atoms with E-state index < -0.39 is 23.5 Å². The molecule has 6 heteroatoms. The molecule has 1 amide bonds. The molecule has 0 saturated carbocycles. The van der Waals surface area contributed by atoms with Gasteiger partial charge in [-0.2, -0.15) is 0 Å². The van der Waals surface area contributed by atoms with E-state index in [4.69, 9.17) is 9.15 Å². The lowest BCUT2D eigenvalue weighted by Crippen LogP contribution is -2.42. The van der Waals surface area contributed by atoms with Crippen molar-refractivity contribution in [2.45, 2.75) is 25.8 Å². The van der Waals surface area contributed by atoms with Crippen LogP contribution in [0.15, 0.2) is 33.5 Å². The van der Waals surface area contributed by atoms with Crippen LogP contribution in [0, 0.1) is 6.92 Å². The first-order valence-electron chi connectivity index (χ1n) is 7.46. The van der Waals surface area contributed by atoms with E-state index in [0.29, 0.717) is 35.9 Å². The highest BCUT2D eigenvalue weighted by Crippen LogP contribution is 2.24. The third-order valence-corrected chi connectivity index (χ3v) is 4.27. The van der Waals surface area contributed by atoms with Gasteiger partial charge in [-0.1, -0.05) is 18.2 Å². The molecule has 120 valence electrons. The molecule has 0 radical (unpaired) electrons. The fourth-order valence-electron chi connectivity index (χ4n) is 3.09. The summed E-state index contributed by atoms with van der Waals surface area (Å²) in [7, 11) is 1.29. The molecule has 2 aromatic rings. The second kappa shape index (κ2) is 5.87. The van der Waals surface area contributed by atoms with Crippen molar-refractivity contribution in [3.05, 3.63) is 45.8 Å². The number of carbonyl (C=O) groups excluding carboxylic acids is 2. The molecule has 3 rings (SSSR count). The Hall–Kier alpha value is -2.63. The van der Waals surface area contributed by atoms with Gasteiger partial charge in [0, 0.05) is 11.9 Å². The lowest BCUT2D eigenvalue weighted by molar-refractivity contribution is -0.145. The van der Waals surface area contributed by atoms with Crippen molar-refractivity contribution in [3.8, 4) is 0 Å². The molecular formula is C17H17NO5. The van der Waals surface area contributed by atoms with E-state index in [1.165, 1.54) is 12.0 Å². The van der Waals surface area contributed by atoms with Gasteiger partial charge in [-0.05, 0) is 31.4 Å². The quantitative estimate of drug-likeness (QED) is 0.624. The average molecular weight is 315 g/mol. The van der Waals surface area contributed by atoms with Gasteiger partial charge in [0.1, 0.15) is 17.2 Å². The number of hydrogen-bond acceptors (Lipinski definition) is 5. The standard InChI is InChI=1S/C17H17NO5/c1-10-11-6-3-4-8-13(11)23-17(21)14(10)15(19)18-9-5-7-12(18)16(20)22-2/h3-4,6,8,12H,5,7,9H2,1-2H3/t12-/m0/s1. The van der Waals surface area contributed by atoms with Gasteiger partial charge in [0.05, 0.1) is 7.11 Å². The minimum Gasteiger partial charge on any atom is -0.467 e. The van der Waals surface area contributed by atoms with Gasteiger partial charge < -0.3 is 14.1 Å². The summed E-state index contributed by atoms with van der Waals surface area (Å²) in [5.41, 5.74) is 0.316. The minimum absolute atomic E-state index is 0.0143. The summed E-state index contributed by atoms with van der Waals surface area (Å²) in [5, 5.41) is 0.712. The van der Waals surface area contributed by atoms with Gasteiger partial charge >= 0.3 is 11.6 Å². The summed E-state index contributed by atoms with van der Waals surface area (Å²) in [6, 6.07) is 6.42. The fourth-order valence-corrected chi connectivity index (χ4v) is 3.09. The van der Waals surface area contributed by atoms with Crippen molar-refractivity contribution in [2.24, 2.45) is 0 Å². The number of rotatable bonds is 2. The number of fused-ring (bicyclic) bond motifs is 1. The van der Waals surface area contributed by atoms with E-state index in [2.05, 4.69) is 0 Å². The Morgan fingerprint density at radius 3 is 2.78 bits per heavy atom. The number of benzene rings is 1. The SMILES string of the molecule is COC(=O)[C@@H]1CCCN1C(=O)c1c(C)c2ccccc2oc1=O. The Kier molecular flexibility index (Phi) is 3.90. The van der Waals surface area contributed by atoms with Gasteiger partial charge in [0.25, 0.3) is 5.91 Å². The molecule has 0 N–H and O–H groups in total. The largest absolute Gasteiger partial charge is 0.467 e. The van der Waals surface area contributed by atoms with Crippen molar-refractivity contribution < 1.29 is 18.7 Å². The van der Waals surface area contributed by atoms with E-state index in [9.17, 15) is 14.4 Å². The highest BCUT2D eigenvalue weighted by atomic mass is 16.5. The van der Waals surface area contributed by atoms with Crippen LogP contribution in [0.1, 0.15) is 28.8 Å². The third kappa shape index (κ3) is 2.50. The Labute approximate surface area is 132 Å². The molecule has 23 heavy (non-hydrogen) atoms. The molecule has 1 aliphatic heterocycles. The van der Waals surface area contributed by atoms with Crippen molar-refractivity contribution >= 4 is 22.8 Å². The maximum absolute atomic E-state index is 12.8. The summed E-state index contributed by atoms with van der Waals surface area (Å²) in [4.78, 5) is 38.3. The number of carbonyl (C=O) groups is 2. The van der Waals surface area contributed by atoms with Crippen LogP contribution >= 0.6 is 0 Å². The van der Waals surface area contributed by atoms with Gasteiger partial charge in [0.15, 0.2) is 0 Å². The topological polar surface area (TPSA) is 76.8 Å². The smallest absolute Gasteiger partial charge is 0.349 e. The summed E-state index contributed by atoms with van der Waals surface area (Å²) >= 11 is 0. The second-order valence-corrected chi connectivity index (χ2v) is 5.57. The first-order valence-corrected chi connectivity index (χ1v) is 7.46. The van der Waals surface area contributed by atoms with Crippen LogP contribution in [-0.2, 0) is 9.53 Å². The third-order valence-electron chi connectivity index (χ3n) is 4.27. The van der Waals surface area contributed by atoms with Gasteiger partial charge in [-0.25, -0.2) is 9.59 Å². The molecule has 6 nitrogen and oxygen atoms in total. The van der Waals surface area contributed by atoms with Crippen molar-refractivity contribution in [2.75, 3.05) is 13.7 Å². The first-order chi connectivity index (χ1) is 11.0.